The molecule has 2 N–H and O–H groups in total. The predicted molar refractivity (Wildman–Crippen MR) is 99.8 cm³/mol. The summed E-state index contributed by atoms with van der Waals surface area (Å²) in [5.74, 6) is 0.346. The highest BCUT2D eigenvalue weighted by molar-refractivity contribution is 8.00. The molecule has 0 saturated carbocycles. The summed E-state index contributed by atoms with van der Waals surface area (Å²) in [7, 11) is 0. The number of amides is 1. The summed E-state index contributed by atoms with van der Waals surface area (Å²) in [5, 5.41) is 22.5. The van der Waals surface area contributed by atoms with Crippen LogP contribution >= 0.6 is 11.8 Å². The number of carboxylic acid groups (broad SMARTS) is 1. The lowest BCUT2D eigenvalue weighted by Gasteiger charge is -2.07. The highest BCUT2D eigenvalue weighted by atomic mass is 32.2. The van der Waals surface area contributed by atoms with Gasteiger partial charge in [-0.2, -0.15) is 0 Å². The highest BCUT2D eigenvalue weighted by Gasteiger charge is 2.08. The van der Waals surface area contributed by atoms with Crippen molar-refractivity contribution >= 4 is 35.2 Å². The lowest BCUT2D eigenvalue weighted by molar-refractivity contribution is -0.136. The average Bonchev–Trinajstić information content (AvgIpc) is 2.60. The van der Waals surface area contributed by atoms with Gasteiger partial charge in [-0.3, -0.25) is 9.59 Å². The number of hydrogen-bond donors (Lipinski definition) is 2. The Morgan fingerprint density at radius 1 is 1.04 bits per heavy atom. The quantitative estimate of drug-likeness (QED) is 0.691. The standard InChI is InChI=1S/C18H16N4O3S/c23-17(24)10-3-12-1-6-14(7-2-12)19-18(25)13-4-8-15(9-5-13)26-11-16-20-22-21-16/h1-2,4-9H,3,10-11H2,(H,19,25)(H,23,24). The summed E-state index contributed by atoms with van der Waals surface area (Å²) in [6, 6.07) is 14.5. The second-order valence-corrected chi connectivity index (χ2v) is 6.61. The van der Waals surface area contributed by atoms with Crippen LogP contribution in [0.5, 0.6) is 0 Å². The van der Waals surface area contributed by atoms with E-state index in [9.17, 15) is 9.59 Å². The van der Waals surface area contributed by atoms with E-state index in [1.165, 1.54) is 0 Å². The van der Waals surface area contributed by atoms with Gasteiger partial charge in [0.2, 0.25) is 0 Å². The molecule has 2 aromatic carbocycles. The van der Waals surface area contributed by atoms with Crippen molar-refractivity contribution in [3.63, 3.8) is 0 Å². The van der Waals surface area contributed by atoms with Gasteiger partial charge in [0.15, 0.2) is 5.84 Å². The fourth-order valence-corrected chi connectivity index (χ4v) is 2.97. The molecule has 26 heavy (non-hydrogen) atoms. The minimum Gasteiger partial charge on any atom is -0.481 e. The molecule has 0 radical (unpaired) electrons. The van der Waals surface area contributed by atoms with Gasteiger partial charge >= 0.3 is 5.97 Å². The van der Waals surface area contributed by atoms with Crippen LogP contribution in [-0.2, 0) is 11.2 Å². The lowest BCUT2D eigenvalue weighted by Crippen LogP contribution is -2.11. The van der Waals surface area contributed by atoms with E-state index >= 15 is 0 Å². The van der Waals surface area contributed by atoms with Gasteiger partial charge in [0.05, 0.1) is 5.75 Å². The molecular weight excluding hydrogens is 352 g/mol. The molecule has 1 heterocycles. The fraction of sp³-hybridized carbons (Fsp3) is 0.167. The van der Waals surface area contributed by atoms with E-state index < -0.39 is 5.97 Å². The van der Waals surface area contributed by atoms with Crippen molar-refractivity contribution in [2.75, 3.05) is 11.1 Å². The number of aliphatic carboxylic acids is 1. The van der Waals surface area contributed by atoms with Crippen LogP contribution in [0.4, 0.5) is 5.69 Å². The molecule has 3 rings (SSSR count). The summed E-state index contributed by atoms with van der Waals surface area (Å²) < 4.78 is 0. The van der Waals surface area contributed by atoms with E-state index in [1.54, 1.807) is 36.0 Å². The number of thioether (sulfide) groups is 1. The second-order valence-electron chi connectivity index (χ2n) is 5.56. The summed E-state index contributed by atoms with van der Waals surface area (Å²) in [5.41, 5.74) is 2.15. The molecule has 7 nitrogen and oxygen atoms in total. The van der Waals surface area contributed by atoms with Gasteiger partial charge in [0, 0.05) is 22.6 Å². The van der Waals surface area contributed by atoms with Crippen LogP contribution in [0.25, 0.3) is 0 Å². The largest absolute Gasteiger partial charge is 0.481 e. The molecule has 8 heteroatoms. The molecule has 132 valence electrons. The van der Waals surface area contributed by atoms with Crippen LogP contribution in [0, 0.1) is 0 Å². The third kappa shape index (κ3) is 5.00. The summed E-state index contributed by atoms with van der Waals surface area (Å²) in [6.45, 7) is 0. The van der Waals surface area contributed by atoms with Crippen molar-refractivity contribution in [2.24, 2.45) is 15.4 Å². The van der Waals surface area contributed by atoms with E-state index in [1.807, 2.05) is 24.3 Å². The molecule has 0 aliphatic carbocycles. The van der Waals surface area contributed by atoms with Crippen molar-refractivity contribution < 1.29 is 14.7 Å². The number of carbonyl (C=O) groups excluding carboxylic acids is 1. The molecule has 0 atom stereocenters. The van der Waals surface area contributed by atoms with Gasteiger partial charge in [-0.05, 0) is 53.6 Å². The molecular formula is C18H16N4O3S. The Hall–Kier alpha value is -3.00. The molecule has 0 saturated heterocycles. The van der Waals surface area contributed by atoms with E-state index in [-0.39, 0.29) is 12.3 Å². The molecule has 0 unspecified atom stereocenters. The number of rotatable bonds is 8. The molecule has 0 bridgehead atoms. The third-order valence-corrected chi connectivity index (χ3v) is 4.65. The Morgan fingerprint density at radius 2 is 1.73 bits per heavy atom. The minimum absolute atomic E-state index is 0.0896. The molecule has 0 spiro atoms. The summed E-state index contributed by atoms with van der Waals surface area (Å²) in [4.78, 5) is 23.9. The Balaban J connectivity index is 1.52. The SMILES string of the molecule is O=C(O)CCc1ccc(NC(=O)c2ccc(SCC3=NN=N3)cc2)cc1. The van der Waals surface area contributed by atoms with Crippen LogP contribution in [0.3, 0.4) is 0 Å². The zero-order valence-corrected chi connectivity index (χ0v) is 14.6. The molecule has 1 aliphatic rings. The van der Waals surface area contributed by atoms with Crippen molar-refractivity contribution in [1.29, 1.82) is 0 Å². The molecule has 0 fully saturated rings. The first-order valence-electron chi connectivity index (χ1n) is 7.93. The maximum Gasteiger partial charge on any atom is 0.303 e. The van der Waals surface area contributed by atoms with Gasteiger partial charge in [-0.25, -0.2) is 0 Å². The summed E-state index contributed by atoms with van der Waals surface area (Å²) >= 11 is 1.58. The van der Waals surface area contributed by atoms with Crippen LogP contribution in [0.1, 0.15) is 22.3 Å². The van der Waals surface area contributed by atoms with Gasteiger partial charge in [0.25, 0.3) is 5.91 Å². The number of benzene rings is 2. The minimum atomic E-state index is -0.825. The average molecular weight is 368 g/mol. The van der Waals surface area contributed by atoms with E-state index in [0.29, 0.717) is 29.3 Å². The second kappa shape index (κ2) is 8.39. The Labute approximate surface area is 154 Å². The lowest BCUT2D eigenvalue weighted by atomic mass is 10.1. The number of hydrogen-bond acceptors (Lipinski definition) is 6. The number of aryl methyl sites for hydroxylation is 1. The number of anilines is 1. The molecule has 0 aromatic heterocycles. The van der Waals surface area contributed by atoms with Crippen molar-refractivity contribution in [2.45, 2.75) is 17.7 Å². The van der Waals surface area contributed by atoms with Crippen LogP contribution in [0.15, 0.2) is 68.9 Å². The van der Waals surface area contributed by atoms with Crippen molar-refractivity contribution in [3.05, 3.63) is 59.7 Å². The summed E-state index contributed by atoms with van der Waals surface area (Å²) in [6.07, 6.45) is 0.558. The van der Waals surface area contributed by atoms with Crippen LogP contribution in [-0.4, -0.2) is 28.6 Å². The molecule has 2 aromatic rings. The Morgan fingerprint density at radius 3 is 2.31 bits per heavy atom. The number of nitrogens with zero attached hydrogens (tertiary/aromatic N) is 3. The van der Waals surface area contributed by atoms with E-state index in [0.717, 1.165) is 10.5 Å². The molecule has 1 amide bonds. The predicted octanol–water partition coefficient (Wildman–Crippen LogP) is 3.83. The van der Waals surface area contributed by atoms with E-state index in [2.05, 4.69) is 20.8 Å². The zero-order chi connectivity index (χ0) is 18.4. The van der Waals surface area contributed by atoms with Gasteiger partial charge in [-0.15, -0.1) is 22.0 Å². The fourth-order valence-electron chi connectivity index (χ4n) is 2.23. The maximum absolute atomic E-state index is 12.3. The zero-order valence-electron chi connectivity index (χ0n) is 13.8. The smallest absolute Gasteiger partial charge is 0.303 e. The Kier molecular flexibility index (Phi) is 5.75. The number of carbonyl (C=O) groups is 2. The normalized spacial score (nSPS) is 12.2. The van der Waals surface area contributed by atoms with E-state index in [4.69, 9.17) is 5.11 Å². The monoisotopic (exact) mass is 368 g/mol. The van der Waals surface area contributed by atoms with Crippen molar-refractivity contribution in [1.82, 2.24) is 0 Å². The first kappa shape index (κ1) is 17.8. The Bertz CT molecular complexity index is 861. The van der Waals surface area contributed by atoms with Gasteiger partial charge < -0.3 is 10.4 Å². The first-order valence-corrected chi connectivity index (χ1v) is 8.91. The number of nitrogens with one attached hydrogen (secondary N) is 1. The van der Waals surface area contributed by atoms with Gasteiger partial charge in [-0.1, -0.05) is 12.1 Å². The third-order valence-electron chi connectivity index (χ3n) is 3.64. The van der Waals surface area contributed by atoms with Crippen LogP contribution in [0.2, 0.25) is 0 Å². The van der Waals surface area contributed by atoms with Crippen LogP contribution < -0.4 is 5.32 Å². The first-order chi connectivity index (χ1) is 12.6. The van der Waals surface area contributed by atoms with Gasteiger partial charge in [0.1, 0.15) is 0 Å². The topological polar surface area (TPSA) is 103 Å². The number of carboxylic acids is 1. The highest BCUT2D eigenvalue weighted by Crippen LogP contribution is 2.21. The van der Waals surface area contributed by atoms with Crippen molar-refractivity contribution in [3.8, 4) is 0 Å². The maximum atomic E-state index is 12.3. The number of amidine groups is 1. The molecule has 1 aliphatic heterocycles.